The number of nitrogens with two attached hydrogens (primary N) is 1. The Bertz CT molecular complexity index is 1240. The summed E-state index contributed by atoms with van der Waals surface area (Å²) in [4.78, 5) is 12.6. The van der Waals surface area contributed by atoms with Crippen LogP contribution in [0.25, 0.3) is 5.69 Å². The molecule has 0 fully saturated rings. The van der Waals surface area contributed by atoms with Crippen LogP contribution in [0.2, 0.25) is 0 Å². The number of amides is 1. The summed E-state index contributed by atoms with van der Waals surface area (Å²) in [6, 6.07) is 21.2. The lowest BCUT2D eigenvalue weighted by molar-refractivity contribution is -0.113. The second-order valence-electron chi connectivity index (χ2n) is 7.34. The minimum Gasteiger partial charge on any atom is -0.399 e. The normalized spacial score (nSPS) is 10.7. The van der Waals surface area contributed by atoms with E-state index in [4.69, 9.17) is 5.73 Å². The number of halogens is 1. The summed E-state index contributed by atoms with van der Waals surface area (Å²) in [6.07, 6.45) is 0. The second-order valence-corrected chi connectivity index (χ2v) is 8.28. The molecule has 0 bridgehead atoms. The summed E-state index contributed by atoms with van der Waals surface area (Å²) in [6.45, 7) is 2.29. The summed E-state index contributed by atoms with van der Waals surface area (Å²) < 4.78 is 15.1. The fourth-order valence-corrected chi connectivity index (χ4v) is 3.96. The van der Waals surface area contributed by atoms with Crippen LogP contribution in [0, 0.1) is 12.7 Å². The third-order valence-corrected chi connectivity index (χ3v) is 5.81. The summed E-state index contributed by atoms with van der Waals surface area (Å²) in [7, 11) is 0. The van der Waals surface area contributed by atoms with Gasteiger partial charge in [0.05, 0.1) is 12.3 Å². The van der Waals surface area contributed by atoms with Gasteiger partial charge in [0.1, 0.15) is 5.82 Å². The maximum Gasteiger partial charge on any atom is 0.234 e. The molecule has 4 rings (SSSR count). The number of thioether (sulfide) groups is 1. The van der Waals surface area contributed by atoms with E-state index in [9.17, 15) is 9.18 Å². The monoisotopic (exact) mass is 462 g/mol. The van der Waals surface area contributed by atoms with Crippen molar-refractivity contribution in [3.05, 3.63) is 90.0 Å². The molecule has 7 nitrogen and oxygen atoms in total. The molecule has 0 aliphatic carbocycles. The van der Waals surface area contributed by atoms with E-state index in [1.807, 2.05) is 47.9 Å². The SMILES string of the molecule is Cc1ccc(N)cc1NC(=O)CSc1nnc(CNc2ccc(F)cc2)n1-c1ccccc1. The molecule has 0 saturated heterocycles. The Hall–Kier alpha value is -3.85. The van der Waals surface area contributed by atoms with E-state index >= 15 is 0 Å². The minimum absolute atomic E-state index is 0.157. The Kier molecular flexibility index (Phi) is 6.89. The lowest BCUT2D eigenvalue weighted by Crippen LogP contribution is -2.15. The first-order valence-corrected chi connectivity index (χ1v) is 11.3. The maximum atomic E-state index is 13.2. The molecule has 0 atom stereocenters. The van der Waals surface area contributed by atoms with Crippen LogP contribution in [-0.2, 0) is 11.3 Å². The standard InChI is InChI=1S/C24H23FN6OS/c1-16-7-10-18(26)13-21(16)28-23(32)15-33-24-30-29-22(31(24)20-5-3-2-4-6-20)14-27-19-11-8-17(25)9-12-19/h2-13,27H,14-15,26H2,1H3,(H,28,32). The average molecular weight is 463 g/mol. The zero-order valence-electron chi connectivity index (χ0n) is 18.0. The Morgan fingerprint density at radius 2 is 1.82 bits per heavy atom. The van der Waals surface area contributed by atoms with Crippen LogP contribution < -0.4 is 16.4 Å². The molecule has 1 aromatic heterocycles. The summed E-state index contributed by atoms with van der Waals surface area (Å²) in [5.41, 5.74) is 9.69. The molecule has 1 amide bonds. The lowest BCUT2D eigenvalue weighted by Gasteiger charge is -2.12. The van der Waals surface area contributed by atoms with Gasteiger partial charge in [0.15, 0.2) is 11.0 Å². The predicted octanol–water partition coefficient (Wildman–Crippen LogP) is 4.64. The number of carbonyl (C=O) groups is 1. The maximum absolute atomic E-state index is 13.2. The van der Waals surface area contributed by atoms with Gasteiger partial charge in [-0.2, -0.15) is 0 Å². The van der Waals surface area contributed by atoms with Gasteiger partial charge < -0.3 is 16.4 Å². The van der Waals surface area contributed by atoms with E-state index < -0.39 is 0 Å². The van der Waals surface area contributed by atoms with Gasteiger partial charge in [0.2, 0.25) is 5.91 Å². The van der Waals surface area contributed by atoms with Crippen LogP contribution in [0.4, 0.5) is 21.5 Å². The summed E-state index contributed by atoms with van der Waals surface area (Å²) >= 11 is 1.29. The molecule has 9 heteroatoms. The largest absolute Gasteiger partial charge is 0.399 e. The number of nitrogens with zero attached hydrogens (tertiary/aromatic N) is 3. The number of hydrogen-bond donors (Lipinski definition) is 3. The van der Waals surface area contributed by atoms with Crippen LogP contribution in [0.3, 0.4) is 0 Å². The van der Waals surface area contributed by atoms with Crippen molar-refractivity contribution in [1.29, 1.82) is 0 Å². The molecule has 0 radical (unpaired) electrons. The molecule has 0 unspecified atom stereocenters. The van der Waals surface area contributed by atoms with E-state index in [0.29, 0.717) is 28.9 Å². The molecular weight excluding hydrogens is 439 g/mol. The first kappa shape index (κ1) is 22.3. The van der Waals surface area contributed by atoms with Gasteiger partial charge in [-0.05, 0) is 61.0 Å². The molecule has 4 N–H and O–H groups in total. The smallest absolute Gasteiger partial charge is 0.234 e. The number of aryl methyl sites for hydroxylation is 1. The minimum atomic E-state index is -0.293. The third-order valence-electron chi connectivity index (χ3n) is 4.88. The quantitative estimate of drug-likeness (QED) is 0.261. The number of para-hydroxylation sites is 1. The third kappa shape index (κ3) is 5.69. The zero-order valence-corrected chi connectivity index (χ0v) is 18.8. The highest BCUT2D eigenvalue weighted by atomic mass is 32.2. The number of rotatable bonds is 8. The number of nitrogen functional groups attached to an aromatic ring is 1. The Morgan fingerprint density at radius 1 is 1.06 bits per heavy atom. The number of anilines is 3. The average Bonchev–Trinajstić information content (AvgIpc) is 3.23. The van der Waals surface area contributed by atoms with Gasteiger partial charge in [-0.1, -0.05) is 36.0 Å². The topological polar surface area (TPSA) is 97.9 Å². The molecule has 4 aromatic rings. The van der Waals surface area contributed by atoms with Crippen molar-refractivity contribution in [1.82, 2.24) is 14.8 Å². The molecule has 3 aromatic carbocycles. The second kappa shape index (κ2) is 10.2. The van der Waals surface area contributed by atoms with Crippen LogP contribution in [0.15, 0.2) is 78.0 Å². The van der Waals surface area contributed by atoms with Crippen LogP contribution in [0.1, 0.15) is 11.4 Å². The van der Waals surface area contributed by atoms with E-state index in [2.05, 4.69) is 20.8 Å². The van der Waals surface area contributed by atoms with Crippen molar-refractivity contribution in [2.24, 2.45) is 0 Å². The highest BCUT2D eigenvalue weighted by Crippen LogP contribution is 2.24. The van der Waals surface area contributed by atoms with Crippen molar-refractivity contribution < 1.29 is 9.18 Å². The molecule has 0 aliphatic heterocycles. The number of nitrogens with one attached hydrogen (secondary N) is 2. The molecular formula is C24H23FN6OS. The van der Waals surface area contributed by atoms with E-state index in [0.717, 1.165) is 16.9 Å². The fraction of sp³-hybridized carbons (Fsp3) is 0.125. The van der Waals surface area contributed by atoms with Gasteiger partial charge in [-0.3, -0.25) is 9.36 Å². The first-order valence-electron chi connectivity index (χ1n) is 10.3. The van der Waals surface area contributed by atoms with Gasteiger partial charge in [0.25, 0.3) is 0 Å². The molecule has 33 heavy (non-hydrogen) atoms. The Balaban J connectivity index is 1.49. The van der Waals surface area contributed by atoms with Gasteiger partial charge in [-0.25, -0.2) is 4.39 Å². The van der Waals surface area contributed by atoms with Gasteiger partial charge in [-0.15, -0.1) is 10.2 Å². The van der Waals surface area contributed by atoms with Crippen molar-refractivity contribution in [3.8, 4) is 5.69 Å². The fourth-order valence-electron chi connectivity index (χ4n) is 3.18. The van der Waals surface area contributed by atoms with E-state index in [1.165, 1.54) is 23.9 Å². The number of aromatic nitrogens is 3. The molecule has 0 aliphatic rings. The van der Waals surface area contributed by atoms with Gasteiger partial charge >= 0.3 is 0 Å². The molecule has 1 heterocycles. The Labute approximate surface area is 195 Å². The number of hydrogen-bond acceptors (Lipinski definition) is 6. The molecule has 0 saturated carbocycles. The van der Waals surface area contributed by atoms with Crippen LogP contribution in [0.5, 0.6) is 0 Å². The van der Waals surface area contributed by atoms with Crippen molar-refractivity contribution >= 4 is 34.7 Å². The van der Waals surface area contributed by atoms with Crippen molar-refractivity contribution in [2.75, 3.05) is 22.1 Å². The van der Waals surface area contributed by atoms with Crippen LogP contribution >= 0.6 is 11.8 Å². The van der Waals surface area contributed by atoms with Crippen molar-refractivity contribution in [3.63, 3.8) is 0 Å². The van der Waals surface area contributed by atoms with Crippen LogP contribution in [-0.4, -0.2) is 26.4 Å². The van der Waals surface area contributed by atoms with Gasteiger partial charge in [0, 0.05) is 22.7 Å². The Morgan fingerprint density at radius 3 is 2.58 bits per heavy atom. The highest BCUT2D eigenvalue weighted by molar-refractivity contribution is 7.99. The highest BCUT2D eigenvalue weighted by Gasteiger charge is 2.16. The summed E-state index contributed by atoms with van der Waals surface area (Å²) in [5, 5.41) is 15.3. The van der Waals surface area contributed by atoms with E-state index in [1.54, 1.807) is 24.3 Å². The molecule has 0 spiro atoms. The zero-order chi connectivity index (χ0) is 23.2. The molecule has 168 valence electrons. The summed E-state index contributed by atoms with van der Waals surface area (Å²) in [5.74, 6) is 0.366. The first-order chi connectivity index (χ1) is 16.0. The van der Waals surface area contributed by atoms with Crippen molar-refractivity contribution in [2.45, 2.75) is 18.6 Å². The number of benzene rings is 3. The van der Waals surface area contributed by atoms with E-state index in [-0.39, 0.29) is 17.5 Å². The lowest BCUT2D eigenvalue weighted by atomic mass is 10.2. The predicted molar refractivity (Wildman–Crippen MR) is 130 cm³/mol. The number of carbonyl (C=O) groups excluding carboxylic acids is 1.